The summed E-state index contributed by atoms with van der Waals surface area (Å²) in [7, 11) is 0. The SMILES string of the molecule is O=Cc1cc(O)cc2c(-c3ccccc3)c(-c3ccc(O)cc3)oc12. The molecule has 0 aliphatic rings. The third-order valence-electron chi connectivity index (χ3n) is 4.12. The molecular weight excluding hydrogens is 316 g/mol. The highest BCUT2D eigenvalue weighted by Gasteiger charge is 2.20. The van der Waals surface area contributed by atoms with E-state index in [1.54, 1.807) is 30.3 Å². The lowest BCUT2D eigenvalue weighted by Gasteiger charge is -2.04. The van der Waals surface area contributed by atoms with Crippen molar-refractivity contribution in [3.05, 3.63) is 72.3 Å². The molecule has 1 aromatic heterocycles. The van der Waals surface area contributed by atoms with Crippen LogP contribution in [0.5, 0.6) is 11.5 Å². The maximum Gasteiger partial charge on any atom is 0.153 e. The summed E-state index contributed by atoms with van der Waals surface area (Å²) in [6.07, 6.45) is 0.668. The Bertz CT molecular complexity index is 1060. The van der Waals surface area contributed by atoms with Gasteiger partial charge in [0.15, 0.2) is 6.29 Å². The van der Waals surface area contributed by atoms with Crippen molar-refractivity contribution in [3.8, 4) is 33.9 Å². The molecule has 1 heterocycles. The topological polar surface area (TPSA) is 70.7 Å². The Balaban J connectivity index is 2.11. The summed E-state index contributed by atoms with van der Waals surface area (Å²) in [6.45, 7) is 0. The quantitative estimate of drug-likeness (QED) is 0.519. The van der Waals surface area contributed by atoms with Gasteiger partial charge in [-0.3, -0.25) is 4.79 Å². The Morgan fingerprint density at radius 3 is 2.20 bits per heavy atom. The normalized spacial score (nSPS) is 10.9. The van der Waals surface area contributed by atoms with Gasteiger partial charge in [0.1, 0.15) is 22.8 Å². The lowest BCUT2D eigenvalue weighted by Crippen LogP contribution is -1.82. The molecule has 25 heavy (non-hydrogen) atoms. The number of carbonyl (C=O) groups is 1. The molecule has 122 valence electrons. The zero-order valence-electron chi connectivity index (χ0n) is 13.1. The maximum absolute atomic E-state index is 11.4. The van der Waals surface area contributed by atoms with Crippen LogP contribution in [0.4, 0.5) is 0 Å². The zero-order chi connectivity index (χ0) is 17.4. The minimum atomic E-state index is 0.00448. The van der Waals surface area contributed by atoms with E-state index >= 15 is 0 Å². The fraction of sp³-hybridized carbons (Fsp3) is 0. The van der Waals surface area contributed by atoms with Crippen LogP contribution in [0.1, 0.15) is 10.4 Å². The number of hydrogen-bond donors (Lipinski definition) is 2. The van der Waals surface area contributed by atoms with Crippen molar-refractivity contribution in [2.45, 2.75) is 0 Å². The first-order valence-corrected chi connectivity index (χ1v) is 7.77. The minimum Gasteiger partial charge on any atom is -0.508 e. The smallest absolute Gasteiger partial charge is 0.153 e. The van der Waals surface area contributed by atoms with Crippen molar-refractivity contribution in [1.29, 1.82) is 0 Å². The van der Waals surface area contributed by atoms with Crippen LogP contribution in [0.15, 0.2) is 71.1 Å². The molecule has 4 aromatic rings. The molecule has 0 amide bonds. The van der Waals surface area contributed by atoms with Gasteiger partial charge < -0.3 is 14.6 Å². The molecule has 0 radical (unpaired) electrons. The van der Waals surface area contributed by atoms with E-state index in [4.69, 9.17) is 4.42 Å². The van der Waals surface area contributed by atoms with Gasteiger partial charge in [-0.1, -0.05) is 30.3 Å². The van der Waals surface area contributed by atoms with E-state index in [9.17, 15) is 15.0 Å². The van der Waals surface area contributed by atoms with Gasteiger partial charge in [-0.2, -0.15) is 0 Å². The Hall–Kier alpha value is -3.53. The standard InChI is InChI=1S/C21H14O4/c22-12-15-10-17(24)11-18-19(13-4-2-1-3-5-13)21(25-20(15)18)14-6-8-16(23)9-7-14/h1-12,23-24H. The fourth-order valence-electron chi connectivity index (χ4n) is 3.01. The highest BCUT2D eigenvalue weighted by molar-refractivity contribution is 6.07. The Kier molecular flexibility index (Phi) is 3.51. The van der Waals surface area contributed by atoms with Crippen molar-refractivity contribution in [1.82, 2.24) is 0 Å². The molecule has 4 heteroatoms. The van der Waals surface area contributed by atoms with E-state index in [0.717, 1.165) is 16.7 Å². The van der Waals surface area contributed by atoms with Crippen LogP contribution in [-0.2, 0) is 0 Å². The average Bonchev–Trinajstić information content (AvgIpc) is 3.01. The molecule has 2 N–H and O–H groups in total. The van der Waals surface area contributed by atoms with Gasteiger partial charge in [-0.25, -0.2) is 0 Å². The second-order valence-corrected chi connectivity index (χ2v) is 5.75. The fourth-order valence-corrected chi connectivity index (χ4v) is 3.01. The first kappa shape index (κ1) is 15.0. The lowest BCUT2D eigenvalue weighted by atomic mass is 9.97. The number of phenols is 2. The highest BCUT2D eigenvalue weighted by Crippen LogP contribution is 2.43. The molecule has 0 spiro atoms. The van der Waals surface area contributed by atoms with E-state index < -0.39 is 0 Å². The number of fused-ring (bicyclic) bond motifs is 1. The van der Waals surface area contributed by atoms with Gasteiger partial charge in [0.05, 0.1) is 5.56 Å². The number of aromatic hydroxyl groups is 2. The molecule has 0 atom stereocenters. The van der Waals surface area contributed by atoms with Crippen LogP contribution >= 0.6 is 0 Å². The van der Waals surface area contributed by atoms with Crippen LogP contribution in [0, 0.1) is 0 Å². The van der Waals surface area contributed by atoms with Crippen molar-refractivity contribution in [3.63, 3.8) is 0 Å². The van der Waals surface area contributed by atoms with Gasteiger partial charge in [0, 0.05) is 16.5 Å². The molecule has 4 nitrogen and oxygen atoms in total. The molecule has 0 unspecified atom stereocenters. The third kappa shape index (κ3) is 2.54. The van der Waals surface area contributed by atoms with Gasteiger partial charge >= 0.3 is 0 Å². The summed E-state index contributed by atoms with van der Waals surface area (Å²) in [5.74, 6) is 0.743. The summed E-state index contributed by atoms with van der Waals surface area (Å²) in [5.41, 5.74) is 3.18. The number of phenolic OH excluding ortho intramolecular Hbond substituents is 2. The van der Waals surface area contributed by atoms with Crippen LogP contribution in [0.3, 0.4) is 0 Å². The zero-order valence-corrected chi connectivity index (χ0v) is 13.1. The Labute approximate surface area is 143 Å². The molecule has 3 aromatic carbocycles. The Morgan fingerprint density at radius 1 is 0.800 bits per heavy atom. The number of furan rings is 1. The highest BCUT2D eigenvalue weighted by atomic mass is 16.3. The molecule has 0 saturated carbocycles. The van der Waals surface area contributed by atoms with Crippen molar-refractivity contribution >= 4 is 17.3 Å². The molecular formula is C21H14O4. The predicted molar refractivity (Wildman–Crippen MR) is 95.8 cm³/mol. The maximum atomic E-state index is 11.4. The molecule has 0 aliphatic heterocycles. The molecule has 0 bridgehead atoms. The van der Waals surface area contributed by atoms with Gasteiger partial charge in [0.25, 0.3) is 0 Å². The lowest BCUT2D eigenvalue weighted by molar-refractivity contribution is 0.112. The van der Waals surface area contributed by atoms with E-state index in [1.807, 2.05) is 30.3 Å². The van der Waals surface area contributed by atoms with Crippen LogP contribution in [-0.4, -0.2) is 16.5 Å². The average molecular weight is 330 g/mol. The third-order valence-corrected chi connectivity index (χ3v) is 4.12. The summed E-state index contributed by atoms with van der Waals surface area (Å²) in [4.78, 5) is 11.4. The first-order chi connectivity index (χ1) is 12.2. The largest absolute Gasteiger partial charge is 0.508 e. The van der Waals surface area contributed by atoms with Crippen molar-refractivity contribution < 1.29 is 19.4 Å². The van der Waals surface area contributed by atoms with Crippen molar-refractivity contribution in [2.75, 3.05) is 0 Å². The van der Waals surface area contributed by atoms with E-state index in [0.29, 0.717) is 23.0 Å². The summed E-state index contributed by atoms with van der Waals surface area (Å²) < 4.78 is 6.03. The summed E-state index contributed by atoms with van der Waals surface area (Å²) in [6, 6.07) is 19.3. The summed E-state index contributed by atoms with van der Waals surface area (Å²) in [5, 5.41) is 20.2. The number of aldehydes is 1. The van der Waals surface area contributed by atoms with E-state index in [-0.39, 0.29) is 17.1 Å². The second kappa shape index (κ2) is 5.83. The molecule has 0 fully saturated rings. The van der Waals surface area contributed by atoms with Gasteiger partial charge in [0.2, 0.25) is 0 Å². The van der Waals surface area contributed by atoms with Gasteiger partial charge in [-0.15, -0.1) is 0 Å². The Morgan fingerprint density at radius 2 is 1.52 bits per heavy atom. The number of rotatable bonds is 3. The molecule has 0 aliphatic carbocycles. The van der Waals surface area contributed by atoms with Gasteiger partial charge in [-0.05, 0) is 42.0 Å². The van der Waals surface area contributed by atoms with Crippen LogP contribution in [0.25, 0.3) is 33.4 Å². The van der Waals surface area contributed by atoms with E-state index in [1.165, 1.54) is 6.07 Å². The minimum absolute atomic E-state index is 0.00448. The monoisotopic (exact) mass is 330 g/mol. The predicted octanol–water partition coefficient (Wildman–Crippen LogP) is 4.99. The first-order valence-electron chi connectivity index (χ1n) is 7.77. The van der Waals surface area contributed by atoms with Crippen LogP contribution in [0.2, 0.25) is 0 Å². The van der Waals surface area contributed by atoms with Crippen LogP contribution < -0.4 is 0 Å². The number of carbonyl (C=O) groups excluding carboxylic acids is 1. The van der Waals surface area contributed by atoms with E-state index in [2.05, 4.69) is 0 Å². The molecule has 0 saturated heterocycles. The van der Waals surface area contributed by atoms with Crippen molar-refractivity contribution in [2.24, 2.45) is 0 Å². The second-order valence-electron chi connectivity index (χ2n) is 5.75. The number of hydrogen-bond acceptors (Lipinski definition) is 4. The summed E-state index contributed by atoms with van der Waals surface area (Å²) >= 11 is 0. The number of benzene rings is 3. The molecule has 4 rings (SSSR count).